The highest BCUT2D eigenvalue weighted by Gasteiger charge is 2.26. The van der Waals surface area contributed by atoms with E-state index in [4.69, 9.17) is 4.74 Å². The molecule has 0 aromatic carbocycles. The number of ether oxygens (including phenoxy) is 1. The lowest BCUT2D eigenvalue weighted by Crippen LogP contribution is -2.24. The molecule has 0 spiro atoms. The van der Waals surface area contributed by atoms with E-state index in [1.54, 1.807) is 0 Å². The molecule has 94 valence electrons. The highest BCUT2D eigenvalue weighted by Crippen LogP contribution is 2.32. The number of carbonyl (C=O) groups excluding carboxylic acids is 1. The van der Waals surface area contributed by atoms with E-state index in [1.807, 2.05) is 6.92 Å². The summed E-state index contributed by atoms with van der Waals surface area (Å²) in [6, 6.07) is 0. The van der Waals surface area contributed by atoms with E-state index in [2.05, 4.69) is 6.92 Å². The molecule has 1 fully saturated rings. The fourth-order valence-electron chi connectivity index (χ4n) is 2.50. The van der Waals surface area contributed by atoms with Crippen LogP contribution in [0.4, 0.5) is 0 Å². The van der Waals surface area contributed by atoms with E-state index >= 15 is 0 Å². The monoisotopic (exact) mass is 226 g/mol. The molecule has 0 aromatic heterocycles. The van der Waals surface area contributed by atoms with Crippen LogP contribution in [0.5, 0.6) is 0 Å². The van der Waals surface area contributed by atoms with Crippen molar-refractivity contribution in [1.29, 1.82) is 0 Å². The van der Waals surface area contributed by atoms with Gasteiger partial charge in [-0.25, -0.2) is 0 Å². The lowest BCUT2D eigenvalue weighted by Gasteiger charge is -2.27. The van der Waals surface area contributed by atoms with Gasteiger partial charge in [-0.3, -0.25) is 4.79 Å². The zero-order valence-corrected chi connectivity index (χ0v) is 10.8. The van der Waals surface area contributed by atoms with E-state index in [9.17, 15) is 4.79 Å². The van der Waals surface area contributed by atoms with Gasteiger partial charge in [-0.15, -0.1) is 0 Å². The number of carbonyl (C=O) groups is 1. The quantitative estimate of drug-likeness (QED) is 0.641. The first kappa shape index (κ1) is 13.5. The molecule has 0 heterocycles. The zero-order chi connectivity index (χ0) is 11.8. The Morgan fingerprint density at radius 3 is 2.38 bits per heavy atom. The van der Waals surface area contributed by atoms with Crippen LogP contribution in [0.3, 0.4) is 0 Å². The molecule has 0 aliphatic heterocycles. The van der Waals surface area contributed by atoms with Crippen LogP contribution in [0.1, 0.15) is 65.2 Å². The highest BCUT2D eigenvalue weighted by atomic mass is 16.5. The third kappa shape index (κ3) is 4.54. The van der Waals surface area contributed by atoms with Crippen molar-refractivity contribution in [2.75, 3.05) is 6.61 Å². The molecule has 0 saturated heterocycles. The Morgan fingerprint density at radius 1 is 1.12 bits per heavy atom. The molecule has 1 saturated carbocycles. The molecule has 2 nitrogen and oxygen atoms in total. The number of unbranched alkanes of at least 4 members (excludes halogenated alkanes) is 1. The van der Waals surface area contributed by atoms with Crippen LogP contribution in [0.2, 0.25) is 0 Å². The van der Waals surface area contributed by atoms with Crippen LogP contribution < -0.4 is 0 Å². The molecule has 0 unspecified atom stereocenters. The van der Waals surface area contributed by atoms with Gasteiger partial charge in [0.1, 0.15) is 0 Å². The SMILES string of the molecule is CCCCC1CCC(C(=O)OCCC)CC1. The van der Waals surface area contributed by atoms with E-state index in [0.717, 1.165) is 25.2 Å². The molecule has 1 rings (SSSR count). The minimum Gasteiger partial charge on any atom is -0.465 e. The van der Waals surface area contributed by atoms with Gasteiger partial charge < -0.3 is 4.74 Å². The smallest absolute Gasteiger partial charge is 0.308 e. The Labute approximate surface area is 99.8 Å². The molecule has 0 atom stereocenters. The number of rotatable bonds is 6. The van der Waals surface area contributed by atoms with Gasteiger partial charge in [0, 0.05) is 0 Å². The molecule has 16 heavy (non-hydrogen) atoms. The van der Waals surface area contributed by atoms with Gasteiger partial charge in [0.25, 0.3) is 0 Å². The molecule has 1 aliphatic carbocycles. The van der Waals surface area contributed by atoms with Gasteiger partial charge in [0.2, 0.25) is 0 Å². The average Bonchev–Trinajstić information content (AvgIpc) is 2.34. The van der Waals surface area contributed by atoms with Crippen LogP contribution >= 0.6 is 0 Å². The number of hydrogen-bond donors (Lipinski definition) is 0. The molecule has 2 heteroatoms. The van der Waals surface area contributed by atoms with Crippen LogP contribution in [0, 0.1) is 11.8 Å². The summed E-state index contributed by atoms with van der Waals surface area (Å²) in [7, 11) is 0. The van der Waals surface area contributed by atoms with E-state index in [1.165, 1.54) is 32.1 Å². The summed E-state index contributed by atoms with van der Waals surface area (Å²) in [6.45, 7) is 4.87. The number of hydrogen-bond acceptors (Lipinski definition) is 2. The molecular formula is C14H26O2. The molecule has 0 aromatic rings. The van der Waals surface area contributed by atoms with Crippen LogP contribution in [0.25, 0.3) is 0 Å². The fourth-order valence-corrected chi connectivity index (χ4v) is 2.50. The first-order valence-corrected chi connectivity index (χ1v) is 6.94. The Kier molecular flexibility index (Phi) is 6.51. The van der Waals surface area contributed by atoms with Gasteiger partial charge in [0.05, 0.1) is 12.5 Å². The van der Waals surface area contributed by atoms with E-state index < -0.39 is 0 Å². The summed E-state index contributed by atoms with van der Waals surface area (Å²) in [6.07, 6.45) is 9.48. The van der Waals surface area contributed by atoms with Crippen LogP contribution in [0.15, 0.2) is 0 Å². The summed E-state index contributed by atoms with van der Waals surface area (Å²) >= 11 is 0. The van der Waals surface area contributed by atoms with E-state index in [0.29, 0.717) is 6.61 Å². The van der Waals surface area contributed by atoms with Crippen molar-refractivity contribution in [3.05, 3.63) is 0 Å². The average molecular weight is 226 g/mol. The maximum atomic E-state index is 11.7. The molecular weight excluding hydrogens is 200 g/mol. The molecule has 0 bridgehead atoms. The highest BCUT2D eigenvalue weighted by molar-refractivity contribution is 5.72. The molecule has 0 amide bonds. The van der Waals surface area contributed by atoms with Gasteiger partial charge >= 0.3 is 5.97 Å². The number of esters is 1. The topological polar surface area (TPSA) is 26.3 Å². The predicted octanol–water partition coefficient (Wildman–Crippen LogP) is 3.94. The van der Waals surface area contributed by atoms with Crippen molar-refractivity contribution >= 4 is 5.97 Å². The predicted molar refractivity (Wildman–Crippen MR) is 66.2 cm³/mol. The van der Waals surface area contributed by atoms with Gasteiger partial charge in [-0.2, -0.15) is 0 Å². The summed E-state index contributed by atoms with van der Waals surface area (Å²) < 4.78 is 5.21. The van der Waals surface area contributed by atoms with Gasteiger partial charge in [-0.05, 0) is 38.0 Å². The normalized spacial score (nSPS) is 25.4. The molecule has 0 N–H and O–H groups in total. The third-order valence-corrected chi connectivity index (χ3v) is 3.59. The second-order valence-electron chi connectivity index (χ2n) is 5.03. The van der Waals surface area contributed by atoms with Crippen LogP contribution in [-0.4, -0.2) is 12.6 Å². The largest absolute Gasteiger partial charge is 0.465 e. The zero-order valence-electron chi connectivity index (χ0n) is 10.8. The third-order valence-electron chi connectivity index (χ3n) is 3.59. The van der Waals surface area contributed by atoms with Gasteiger partial charge in [0.15, 0.2) is 0 Å². The van der Waals surface area contributed by atoms with E-state index in [-0.39, 0.29) is 11.9 Å². The van der Waals surface area contributed by atoms with Crippen molar-refractivity contribution < 1.29 is 9.53 Å². The standard InChI is InChI=1S/C14H26O2/c1-3-5-6-12-7-9-13(10-8-12)14(15)16-11-4-2/h12-13H,3-11H2,1-2H3. The lowest BCUT2D eigenvalue weighted by molar-refractivity contribution is -0.150. The van der Waals surface area contributed by atoms with Crippen LogP contribution in [-0.2, 0) is 9.53 Å². The van der Waals surface area contributed by atoms with Crippen molar-refractivity contribution in [3.63, 3.8) is 0 Å². The summed E-state index contributed by atoms with van der Waals surface area (Å²) in [5, 5.41) is 0. The Morgan fingerprint density at radius 2 is 1.81 bits per heavy atom. The fraction of sp³-hybridized carbons (Fsp3) is 0.929. The summed E-state index contributed by atoms with van der Waals surface area (Å²) in [5.74, 6) is 1.12. The lowest BCUT2D eigenvalue weighted by atomic mass is 9.80. The van der Waals surface area contributed by atoms with Gasteiger partial charge in [-0.1, -0.05) is 33.1 Å². The Balaban J connectivity index is 2.18. The minimum absolute atomic E-state index is 0.0517. The summed E-state index contributed by atoms with van der Waals surface area (Å²) in [4.78, 5) is 11.7. The van der Waals surface area contributed by atoms with Crippen molar-refractivity contribution in [1.82, 2.24) is 0 Å². The second-order valence-corrected chi connectivity index (χ2v) is 5.03. The summed E-state index contributed by atoms with van der Waals surface area (Å²) in [5.41, 5.74) is 0. The molecule has 0 radical (unpaired) electrons. The first-order chi connectivity index (χ1) is 7.77. The maximum absolute atomic E-state index is 11.7. The maximum Gasteiger partial charge on any atom is 0.308 e. The Bertz CT molecular complexity index is 193. The van der Waals surface area contributed by atoms with Crippen molar-refractivity contribution in [2.24, 2.45) is 11.8 Å². The molecule has 1 aliphatic rings. The Hall–Kier alpha value is -0.530. The van der Waals surface area contributed by atoms with Crippen molar-refractivity contribution in [2.45, 2.75) is 65.2 Å². The first-order valence-electron chi connectivity index (χ1n) is 6.94. The minimum atomic E-state index is 0.0517. The second kappa shape index (κ2) is 7.70. The van der Waals surface area contributed by atoms with Crippen molar-refractivity contribution in [3.8, 4) is 0 Å².